The summed E-state index contributed by atoms with van der Waals surface area (Å²) in [5.74, 6) is 0.674. The molecule has 0 aliphatic carbocycles. The third-order valence-electron chi connectivity index (χ3n) is 4.81. The Morgan fingerprint density at radius 3 is 2.22 bits per heavy atom. The maximum atomic E-state index is 6.54. The highest BCUT2D eigenvalue weighted by atomic mass is 35.5. The lowest BCUT2D eigenvalue weighted by Crippen LogP contribution is -1.90. The van der Waals surface area contributed by atoms with Crippen LogP contribution < -0.4 is 0 Å². The van der Waals surface area contributed by atoms with Crippen molar-refractivity contribution in [3.05, 3.63) is 71.9 Å². The minimum atomic E-state index is 0.520. The van der Waals surface area contributed by atoms with E-state index < -0.39 is 0 Å². The summed E-state index contributed by atoms with van der Waals surface area (Å²) in [6, 6.07) is 23.2. The Kier molecular flexibility index (Phi) is 3.29. The zero-order valence-electron chi connectivity index (χ0n) is 13.9. The Morgan fingerprint density at radius 2 is 1.37 bits per heavy atom. The van der Waals surface area contributed by atoms with E-state index >= 15 is 0 Å². The average Bonchev–Trinajstić information content (AvgIpc) is 3.26. The number of halogens is 1. The molecule has 0 radical (unpaired) electrons. The van der Waals surface area contributed by atoms with Crippen molar-refractivity contribution in [2.75, 3.05) is 0 Å². The van der Waals surface area contributed by atoms with Gasteiger partial charge in [0.1, 0.15) is 0 Å². The van der Waals surface area contributed by atoms with E-state index in [1.54, 1.807) is 11.3 Å². The van der Waals surface area contributed by atoms with Crippen LogP contribution in [0.2, 0.25) is 5.15 Å². The molecule has 0 aliphatic heterocycles. The van der Waals surface area contributed by atoms with Gasteiger partial charge in [0.2, 0.25) is 0 Å². The van der Waals surface area contributed by atoms with Crippen LogP contribution in [0, 0.1) is 0 Å². The maximum Gasteiger partial charge on any atom is 0.161 e. The summed E-state index contributed by atoms with van der Waals surface area (Å²) in [6.45, 7) is 0. The largest absolute Gasteiger partial charge is 0.226 e. The number of aromatic nitrogens is 2. The highest BCUT2D eigenvalue weighted by Crippen LogP contribution is 2.39. The Balaban J connectivity index is 1.64. The van der Waals surface area contributed by atoms with Gasteiger partial charge in [0.25, 0.3) is 0 Å². The molecule has 0 aliphatic rings. The van der Waals surface area contributed by atoms with E-state index in [4.69, 9.17) is 16.6 Å². The van der Waals surface area contributed by atoms with Crippen LogP contribution in [-0.4, -0.2) is 9.97 Å². The summed E-state index contributed by atoms with van der Waals surface area (Å²) in [5.41, 5.74) is 1.92. The summed E-state index contributed by atoms with van der Waals surface area (Å²) < 4.78 is 4.69. The molecule has 0 fully saturated rings. The van der Waals surface area contributed by atoms with E-state index in [1.165, 1.54) is 24.9 Å². The molecule has 0 saturated heterocycles. The van der Waals surface area contributed by atoms with Gasteiger partial charge in [0.05, 0.1) is 10.2 Å². The van der Waals surface area contributed by atoms with E-state index in [9.17, 15) is 0 Å². The monoisotopic (exact) mass is 402 g/mol. The van der Waals surface area contributed by atoms with Crippen LogP contribution in [0.1, 0.15) is 0 Å². The van der Waals surface area contributed by atoms with Gasteiger partial charge >= 0.3 is 0 Å². The predicted octanol–water partition coefficient (Wildman–Crippen LogP) is 7.53. The number of benzene rings is 3. The first kappa shape index (κ1) is 15.5. The van der Waals surface area contributed by atoms with Crippen LogP contribution in [-0.2, 0) is 0 Å². The molecule has 6 rings (SSSR count). The number of hydrogen-bond acceptors (Lipinski definition) is 4. The molecule has 0 amide bonds. The van der Waals surface area contributed by atoms with Gasteiger partial charge in [-0.1, -0.05) is 48.0 Å². The molecule has 6 aromatic rings. The van der Waals surface area contributed by atoms with Gasteiger partial charge in [0.15, 0.2) is 11.0 Å². The fourth-order valence-corrected chi connectivity index (χ4v) is 5.95. The van der Waals surface area contributed by atoms with Crippen LogP contribution in [0.25, 0.3) is 51.9 Å². The van der Waals surface area contributed by atoms with Crippen LogP contribution in [0.5, 0.6) is 0 Å². The summed E-state index contributed by atoms with van der Waals surface area (Å²) in [4.78, 5) is 9.49. The zero-order valence-corrected chi connectivity index (χ0v) is 16.3. The topological polar surface area (TPSA) is 25.8 Å². The van der Waals surface area contributed by atoms with Crippen LogP contribution >= 0.6 is 34.3 Å². The van der Waals surface area contributed by atoms with Gasteiger partial charge in [-0.2, -0.15) is 0 Å². The minimum absolute atomic E-state index is 0.520. The first-order valence-electron chi connectivity index (χ1n) is 8.54. The fraction of sp³-hybridized carbons (Fsp3) is 0. The second kappa shape index (κ2) is 5.73. The summed E-state index contributed by atoms with van der Waals surface area (Å²) in [5, 5.41) is 4.16. The van der Waals surface area contributed by atoms with Crippen LogP contribution in [0.15, 0.2) is 66.7 Å². The first-order chi connectivity index (χ1) is 13.3. The third kappa shape index (κ3) is 2.31. The fourth-order valence-electron chi connectivity index (χ4n) is 3.55. The van der Waals surface area contributed by atoms with Gasteiger partial charge in [0, 0.05) is 35.8 Å². The van der Waals surface area contributed by atoms with Crippen molar-refractivity contribution in [2.45, 2.75) is 0 Å². The normalized spacial score (nSPS) is 11.9. The second-order valence-corrected chi connectivity index (χ2v) is 8.92. The van der Waals surface area contributed by atoms with Crippen molar-refractivity contribution < 1.29 is 0 Å². The standard InChI is InChI=1S/C22H11ClN2S2/c23-21-20-19(14-6-2-4-8-17(14)27-20)24-22(25-21)12-9-10-18-15(11-12)13-5-1-3-7-16(13)26-18/h1-11H. The molecule has 0 saturated carbocycles. The van der Waals surface area contributed by atoms with E-state index in [0.717, 1.165) is 21.2 Å². The molecule has 3 aromatic heterocycles. The number of thiophene rings is 2. The van der Waals surface area contributed by atoms with Crippen LogP contribution in [0.4, 0.5) is 0 Å². The summed E-state index contributed by atoms with van der Waals surface area (Å²) in [6.07, 6.45) is 0. The lowest BCUT2D eigenvalue weighted by molar-refractivity contribution is 1.24. The molecule has 27 heavy (non-hydrogen) atoms. The van der Waals surface area contributed by atoms with E-state index in [0.29, 0.717) is 11.0 Å². The maximum absolute atomic E-state index is 6.54. The highest BCUT2D eigenvalue weighted by molar-refractivity contribution is 7.26. The van der Waals surface area contributed by atoms with Crippen molar-refractivity contribution in [1.82, 2.24) is 9.97 Å². The Morgan fingerprint density at radius 1 is 0.667 bits per heavy atom. The van der Waals surface area contributed by atoms with Crippen molar-refractivity contribution in [3.63, 3.8) is 0 Å². The summed E-state index contributed by atoms with van der Waals surface area (Å²) in [7, 11) is 0. The molecule has 0 unspecified atom stereocenters. The quantitative estimate of drug-likeness (QED) is 0.265. The number of rotatable bonds is 1. The highest BCUT2D eigenvalue weighted by Gasteiger charge is 2.14. The predicted molar refractivity (Wildman–Crippen MR) is 118 cm³/mol. The molecule has 128 valence electrons. The molecule has 0 N–H and O–H groups in total. The smallest absolute Gasteiger partial charge is 0.161 e. The SMILES string of the molecule is Clc1nc(-c2ccc3sc4ccccc4c3c2)nc2c1sc1ccccc12. The van der Waals surface area contributed by atoms with Crippen LogP contribution in [0.3, 0.4) is 0 Å². The molecule has 3 heterocycles. The van der Waals surface area contributed by atoms with Gasteiger partial charge in [-0.3, -0.25) is 0 Å². The van der Waals surface area contributed by atoms with E-state index in [-0.39, 0.29) is 0 Å². The number of hydrogen-bond donors (Lipinski definition) is 0. The van der Waals surface area contributed by atoms with Crippen molar-refractivity contribution >= 4 is 74.7 Å². The van der Waals surface area contributed by atoms with E-state index in [2.05, 4.69) is 59.6 Å². The van der Waals surface area contributed by atoms with Gasteiger partial charge in [-0.25, -0.2) is 9.97 Å². The number of fused-ring (bicyclic) bond motifs is 6. The zero-order chi connectivity index (χ0) is 18.0. The van der Waals surface area contributed by atoms with Crippen molar-refractivity contribution in [1.29, 1.82) is 0 Å². The molecule has 0 bridgehead atoms. The molecular weight excluding hydrogens is 392 g/mol. The van der Waals surface area contributed by atoms with Gasteiger partial charge in [-0.15, -0.1) is 22.7 Å². The van der Waals surface area contributed by atoms with E-state index in [1.807, 2.05) is 23.5 Å². The Bertz CT molecular complexity index is 1500. The lowest BCUT2D eigenvalue weighted by atomic mass is 10.1. The number of nitrogens with zero attached hydrogens (tertiary/aromatic N) is 2. The van der Waals surface area contributed by atoms with Crippen molar-refractivity contribution in [3.8, 4) is 11.4 Å². The molecular formula is C22H11ClN2S2. The molecule has 5 heteroatoms. The molecule has 2 nitrogen and oxygen atoms in total. The Hall–Kier alpha value is -2.53. The molecule has 0 atom stereocenters. The van der Waals surface area contributed by atoms with Gasteiger partial charge < -0.3 is 0 Å². The Labute approximate surface area is 167 Å². The molecule has 0 spiro atoms. The lowest BCUT2D eigenvalue weighted by Gasteiger charge is -2.03. The first-order valence-corrected chi connectivity index (χ1v) is 10.6. The van der Waals surface area contributed by atoms with Gasteiger partial charge in [-0.05, 0) is 30.3 Å². The molecule has 3 aromatic carbocycles. The minimum Gasteiger partial charge on any atom is -0.226 e. The summed E-state index contributed by atoms with van der Waals surface area (Å²) >= 11 is 9.99. The average molecular weight is 403 g/mol. The third-order valence-corrected chi connectivity index (χ3v) is 7.52. The van der Waals surface area contributed by atoms with Crippen molar-refractivity contribution in [2.24, 2.45) is 0 Å². The second-order valence-electron chi connectivity index (χ2n) is 6.42.